The first-order valence-corrected chi connectivity index (χ1v) is 18.4. The molecule has 248 valence electrons. The molecule has 0 saturated heterocycles. The topological polar surface area (TPSA) is 17.3 Å². The number of nitrogens with zero attached hydrogens (tertiary/aromatic N) is 2. The number of para-hydroxylation sites is 1. The Hall–Kier alpha value is -6.77. The molecule has 1 aliphatic heterocycles. The van der Waals surface area contributed by atoms with Gasteiger partial charge in [-0.05, 0) is 97.4 Å². The van der Waals surface area contributed by atoms with E-state index in [-0.39, 0.29) is 0 Å². The van der Waals surface area contributed by atoms with Crippen molar-refractivity contribution in [2.24, 2.45) is 4.99 Å². The highest BCUT2D eigenvalue weighted by Gasteiger charge is 2.42. The second-order valence-electron chi connectivity index (χ2n) is 14.4. The van der Waals surface area contributed by atoms with Gasteiger partial charge in [-0.1, -0.05) is 158 Å². The van der Waals surface area contributed by atoms with E-state index in [0.29, 0.717) is 0 Å². The third-order valence-electron chi connectivity index (χ3n) is 11.6. The zero-order valence-electron chi connectivity index (χ0n) is 29.3. The molecule has 1 unspecified atom stereocenters. The van der Waals surface area contributed by atoms with Gasteiger partial charge >= 0.3 is 0 Å². The van der Waals surface area contributed by atoms with Crippen molar-refractivity contribution in [3.8, 4) is 16.8 Å². The molecule has 11 rings (SSSR count). The molecule has 0 bridgehead atoms. The first kappa shape index (κ1) is 29.9. The zero-order valence-corrected chi connectivity index (χ0v) is 29.3. The summed E-state index contributed by atoms with van der Waals surface area (Å²) in [5.74, 6) is 0. The Morgan fingerprint density at radius 3 is 1.64 bits per heavy atom. The van der Waals surface area contributed by atoms with Crippen molar-refractivity contribution in [1.82, 2.24) is 4.57 Å². The molecule has 9 aromatic carbocycles. The zero-order chi connectivity index (χ0) is 35.1. The Kier molecular flexibility index (Phi) is 6.41. The summed E-state index contributed by atoms with van der Waals surface area (Å²) in [5, 5.41) is 10.2. The van der Waals surface area contributed by atoms with Crippen LogP contribution in [0.3, 0.4) is 0 Å². The van der Waals surface area contributed by atoms with E-state index in [1.807, 2.05) is 0 Å². The molecule has 1 aromatic heterocycles. The lowest BCUT2D eigenvalue weighted by molar-refractivity contribution is 0.794. The highest BCUT2D eigenvalue weighted by Crippen LogP contribution is 2.51. The van der Waals surface area contributed by atoms with E-state index in [2.05, 4.69) is 200 Å². The van der Waals surface area contributed by atoms with Gasteiger partial charge in [0.1, 0.15) is 0 Å². The van der Waals surface area contributed by atoms with Crippen LogP contribution < -0.4 is 0 Å². The van der Waals surface area contributed by atoms with Crippen LogP contribution in [0.5, 0.6) is 0 Å². The summed E-state index contributed by atoms with van der Waals surface area (Å²) in [7, 11) is 0. The number of aromatic nitrogens is 1. The van der Waals surface area contributed by atoms with Crippen LogP contribution in [0.15, 0.2) is 193 Å². The smallest absolute Gasteiger partial charge is 0.0779 e. The largest absolute Gasteiger partial charge is 0.309 e. The first-order valence-electron chi connectivity index (χ1n) is 18.4. The van der Waals surface area contributed by atoms with E-state index >= 15 is 0 Å². The van der Waals surface area contributed by atoms with Gasteiger partial charge in [0.2, 0.25) is 0 Å². The van der Waals surface area contributed by atoms with Crippen LogP contribution in [0.2, 0.25) is 0 Å². The van der Waals surface area contributed by atoms with Crippen LogP contribution in [0.1, 0.15) is 23.6 Å². The maximum atomic E-state index is 5.56. The molecule has 0 amide bonds. The fourth-order valence-electron chi connectivity index (χ4n) is 9.09. The summed E-state index contributed by atoms with van der Waals surface area (Å²) in [4.78, 5) is 5.56. The molecule has 0 radical (unpaired) electrons. The molecule has 1 atom stereocenters. The summed E-state index contributed by atoms with van der Waals surface area (Å²) < 4.78 is 2.41. The van der Waals surface area contributed by atoms with Gasteiger partial charge < -0.3 is 4.57 Å². The van der Waals surface area contributed by atoms with Crippen LogP contribution in [-0.2, 0) is 5.41 Å². The lowest BCUT2D eigenvalue weighted by Crippen LogP contribution is -2.31. The molecule has 53 heavy (non-hydrogen) atoms. The van der Waals surface area contributed by atoms with Gasteiger partial charge in [-0.25, -0.2) is 0 Å². The second kappa shape index (κ2) is 11.4. The van der Waals surface area contributed by atoms with Crippen molar-refractivity contribution in [3.05, 3.63) is 205 Å². The van der Waals surface area contributed by atoms with Gasteiger partial charge in [-0.15, -0.1) is 0 Å². The fourth-order valence-corrected chi connectivity index (χ4v) is 9.09. The van der Waals surface area contributed by atoms with Crippen molar-refractivity contribution in [1.29, 1.82) is 0 Å². The van der Waals surface area contributed by atoms with Crippen LogP contribution in [-0.4, -0.2) is 10.3 Å². The third-order valence-corrected chi connectivity index (χ3v) is 11.6. The van der Waals surface area contributed by atoms with E-state index in [0.717, 1.165) is 28.2 Å². The third kappa shape index (κ3) is 4.30. The van der Waals surface area contributed by atoms with Gasteiger partial charge in [0, 0.05) is 16.5 Å². The Bertz CT molecular complexity index is 3060. The van der Waals surface area contributed by atoms with Crippen molar-refractivity contribution >= 4 is 65.5 Å². The van der Waals surface area contributed by atoms with Crippen LogP contribution in [0, 0.1) is 0 Å². The average Bonchev–Trinajstić information content (AvgIpc) is 3.74. The second-order valence-corrected chi connectivity index (χ2v) is 14.4. The van der Waals surface area contributed by atoms with Crippen molar-refractivity contribution in [2.45, 2.75) is 12.3 Å². The Morgan fingerprint density at radius 2 is 0.962 bits per heavy atom. The number of aliphatic imine (C=N–C) groups is 1. The minimum atomic E-state index is -0.394. The van der Waals surface area contributed by atoms with E-state index in [1.165, 1.54) is 70.9 Å². The van der Waals surface area contributed by atoms with Gasteiger partial charge in [0.05, 0.1) is 27.8 Å². The van der Waals surface area contributed by atoms with Crippen LogP contribution >= 0.6 is 0 Å². The van der Waals surface area contributed by atoms with E-state index in [1.54, 1.807) is 0 Å². The Labute approximate surface area is 307 Å². The summed E-state index contributed by atoms with van der Waals surface area (Å²) in [5.41, 5.74) is 11.3. The number of hydrogen-bond acceptors (Lipinski definition) is 1. The SMILES string of the molecule is CC1(c2ccccc2)C(c2ccccc2)=Nc2c1ccc1c2c2ccccc2n1-c1ccc(-c2ccc3c4ccccc4c4ccccc4c3c2)cc1. The molecule has 2 heterocycles. The van der Waals surface area contributed by atoms with Gasteiger partial charge in [-0.2, -0.15) is 0 Å². The van der Waals surface area contributed by atoms with E-state index in [9.17, 15) is 0 Å². The molecular formula is C51H34N2. The lowest BCUT2D eigenvalue weighted by atomic mass is 9.71. The van der Waals surface area contributed by atoms with Gasteiger partial charge in [0.15, 0.2) is 0 Å². The molecular weight excluding hydrogens is 641 g/mol. The standard InChI is InChI=1S/C51H34N2/c1-51(36-16-6-3-7-17-36)45-30-31-47-48(49(45)52-50(51)34-14-4-2-5-15-34)43-22-12-13-23-46(43)53(47)37-27-24-33(25-28-37)35-26-29-42-40-20-9-8-18-38(40)39-19-10-11-21-41(39)44(42)32-35/h2-32H,1H3. The maximum absolute atomic E-state index is 5.56. The number of fused-ring (bicyclic) bond motifs is 11. The molecule has 0 N–H and O–H groups in total. The first-order chi connectivity index (χ1) is 26.2. The molecule has 0 aliphatic carbocycles. The number of rotatable bonds is 4. The molecule has 0 spiro atoms. The maximum Gasteiger partial charge on any atom is 0.0779 e. The summed E-state index contributed by atoms with van der Waals surface area (Å²) in [6.45, 7) is 2.34. The summed E-state index contributed by atoms with van der Waals surface area (Å²) in [6, 6.07) is 68.5. The van der Waals surface area contributed by atoms with Crippen LogP contribution in [0.4, 0.5) is 5.69 Å². The van der Waals surface area contributed by atoms with Crippen molar-refractivity contribution in [2.75, 3.05) is 0 Å². The Morgan fingerprint density at radius 1 is 0.415 bits per heavy atom. The molecule has 2 heteroatoms. The molecule has 0 saturated carbocycles. The fraction of sp³-hybridized carbons (Fsp3) is 0.0392. The molecule has 2 nitrogen and oxygen atoms in total. The minimum Gasteiger partial charge on any atom is -0.309 e. The van der Waals surface area contributed by atoms with Crippen molar-refractivity contribution < 1.29 is 0 Å². The normalized spacial score (nSPS) is 15.5. The van der Waals surface area contributed by atoms with Gasteiger partial charge in [0.25, 0.3) is 0 Å². The highest BCUT2D eigenvalue weighted by molar-refractivity contribution is 6.26. The number of hydrogen-bond donors (Lipinski definition) is 0. The highest BCUT2D eigenvalue weighted by atomic mass is 15.0. The molecule has 10 aromatic rings. The molecule has 1 aliphatic rings. The van der Waals surface area contributed by atoms with Crippen molar-refractivity contribution in [3.63, 3.8) is 0 Å². The lowest BCUT2D eigenvalue weighted by Gasteiger charge is -2.29. The quantitative estimate of drug-likeness (QED) is 0.165. The minimum absolute atomic E-state index is 0.394. The monoisotopic (exact) mass is 674 g/mol. The Balaban J connectivity index is 1.08. The summed E-state index contributed by atoms with van der Waals surface area (Å²) in [6.07, 6.45) is 0. The summed E-state index contributed by atoms with van der Waals surface area (Å²) >= 11 is 0. The predicted octanol–water partition coefficient (Wildman–Crippen LogP) is 13.4. The molecule has 0 fully saturated rings. The van der Waals surface area contributed by atoms with E-state index < -0.39 is 5.41 Å². The van der Waals surface area contributed by atoms with Crippen LogP contribution in [0.25, 0.3) is 70.9 Å². The number of benzene rings is 9. The average molecular weight is 675 g/mol. The van der Waals surface area contributed by atoms with Gasteiger partial charge in [-0.3, -0.25) is 4.99 Å². The predicted molar refractivity (Wildman–Crippen MR) is 224 cm³/mol. The van der Waals surface area contributed by atoms with E-state index in [4.69, 9.17) is 4.99 Å².